The molecule has 0 aromatic heterocycles. The van der Waals surface area contributed by atoms with E-state index in [2.05, 4.69) is 5.18 Å². The third kappa shape index (κ3) is 3.01. The smallest absolute Gasteiger partial charge is 0.108 e. The predicted octanol–water partition coefficient (Wildman–Crippen LogP) is 3.48. The highest BCUT2D eigenvalue weighted by Crippen LogP contribution is 2.14. The summed E-state index contributed by atoms with van der Waals surface area (Å²) in [6.07, 6.45) is 1.91. The van der Waals surface area contributed by atoms with Crippen LogP contribution in [-0.4, -0.2) is 6.61 Å². The molecular formula is C11H13NO2. The highest BCUT2D eigenvalue weighted by Gasteiger charge is 1.93. The molecule has 3 heteroatoms. The summed E-state index contributed by atoms with van der Waals surface area (Å²) in [6.45, 7) is 4.50. The van der Waals surface area contributed by atoms with E-state index in [0.717, 1.165) is 11.3 Å². The van der Waals surface area contributed by atoms with Crippen molar-refractivity contribution in [3.8, 4) is 0 Å². The SMILES string of the molecule is CCO/C(C)=C\c1ccc(N=O)cc1. The van der Waals surface area contributed by atoms with Crippen molar-refractivity contribution >= 4 is 11.8 Å². The fourth-order valence-corrected chi connectivity index (χ4v) is 1.14. The van der Waals surface area contributed by atoms with Crippen LogP contribution < -0.4 is 0 Å². The van der Waals surface area contributed by atoms with Crippen LogP contribution in [0.15, 0.2) is 35.2 Å². The monoisotopic (exact) mass is 191 g/mol. The van der Waals surface area contributed by atoms with E-state index in [4.69, 9.17) is 4.74 Å². The Bertz CT molecular complexity index is 328. The van der Waals surface area contributed by atoms with Crippen LogP contribution in [0, 0.1) is 4.91 Å². The van der Waals surface area contributed by atoms with Crippen molar-refractivity contribution in [2.45, 2.75) is 13.8 Å². The first kappa shape index (κ1) is 10.4. The Labute approximate surface area is 83.4 Å². The van der Waals surface area contributed by atoms with Crippen LogP contribution in [-0.2, 0) is 4.74 Å². The van der Waals surface area contributed by atoms with E-state index in [-0.39, 0.29) is 0 Å². The van der Waals surface area contributed by atoms with Crippen molar-refractivity contribution in [1.82, 2.24) is 0 Å². The minimum absolute atomic E-state index is 0.441. The average Bonchev–Trinajstić information content (AvgIpc) is 2.19. The first-order valence-electron chi connectivity index (χ1n) is 4.50. The summed E-state index contributed by atoms with van der Waals surface area (Å²) >= 11 is 0. The summed E-state index contributed by atoms with van der Waals surface area (Å²) in [7, 11) is 0. The molecule has 0 heterocycles. The van der Waals surface area contributed by atoms with E-state index in [1.807, 2.05) is 32.1 Å². The molecule has 14 heavy (non-hydrogen) atoms. The van der Waals surface area contributed by atoms with E-state index in [9.17, 15) is 4.91 Å². The summed E-state index contributed by atoms with van der Waals surface area (Å²) in [5.74, 6) is 0.860. The second kappa shape index (κ2) is 5.17. The van der Waals surface area contributed by atoms with Gasteiger partial charge >= 0.3 is 0 Å². The van der Waals surface area contributed by atoms with E-state index < -0.39 is 0 Å². The number of hydrogen-bond donors (Lipinski definition) is 0. The molecule has 0 aliphatic carbocycles. The number of allylic oxidation sites excluding steroid dienone is 1. The number of hydrogen-bond acceptors (Lipinski definition) is 3. The number of ether oxygens (including phenoxy) is 1. The molecule has 0 atom stereocenters. The summed E-state index contributed by atoms with van der Waals surface area (Å²) in [4.78, 5) is 10.2. The van der Waals surface area contributed by atoms with Gasteiger partial charge in [0.15, 0.2) is 0 Å². The third-order valence-electron chi connectivity index (χ3n) is 1.74. The standard InChI is InChI=1S/C11H13NO2/c1-3-14-9(2)8-10-4-6-11(12-13)7-5-10/h4-8H,3H2,1-2H3/b9-8-. The molecule has 3 nitrogen and oxygen atoms in total. The molecule has 0 amide bonds. The molecular weight excluding hydrogens is 178 g/mol. The third-order valence-corrected chi connectivity index (χ3v) is 1.74. The lowest BCUT2D eigenvalue weighted by molar-refractivity contribution is 0.235. The van der Waals surface area contributed by atoms with Crippen LogP contribution in [0.1, 0.15) is 19.4 Å². The summed E-state index contributed by atoms with van der Waals surface area (Å²) in [5, 5.41) is 2.83. The second-order valence-electron chi connectivity index (χ2n) is 2.87. The topological polar surface area (TPSA) is 38.7 Å². The van der Waals surface area contributed by atoms with Gasteiger partial charge in [-0.3, -0.25) is 0 Å². The number of benzene rings is 1. The minimum atomic E-state index is 0.441. The zero-order valence-electron chi connectivity index (χ0n) is 8.36. The Morgan fingerprint density at radius 2 is 2.07 bits per heavy atom. The summed E-state index contributed by atoms with van der Waals surface area (Å²) in [6, 6.07) is 7.02. The number of nitroso groups, excluding NO2 is 1. The van der Waals surface area contributed by atoms with Crippen molar-refractivity contribution in [1.29, 1.82) is 0 Å². The molecule has 1 rings (SSSR count). The van der Waals surface area contributed by atoms with Gasteiger partial charge in [-0.2, -0.15) is 0 Å². The Morgan fingerprint density at radius 1 is 1.43 bits per heavy atom. The fraction of sp³-hybridized carbons (Fsp3) is 0.273. The van der Waals surface area contributed by atoms with Gasteiger partial charge in [-0.1, -0.05) is 12.1 Å². The van der Waals surface area contributed by atoms with Crippen molar-refractivity contribution < 1.29 is 4.74 Å². The molecule has 0 fully saturated rings. The Balaban J connectivity index is 2.77. The predicted molar refractivity (Wildman–Crippen MR) is 57.2 cm³/mol. The van der Waals surface area contributed by atoms with Gasteiger partial charge in [-0.25, -0.2) is 0 Å². The molecule has 0 unspecified atom stereocenters. The van der Waals surface area contributed by atoms with Crippen LogP contribution in [0.5, 0.6) is 0 Å². The molecule has 0 spiro atoms. The Morgan fingerprint density at radius 3 is 2.57 bits per heavy atom. The quantitative estimate of drug-likeness (QED) is 0.539. The van der Waals surface area contributed by atoms with Gasteiger partial charge in [0, 0.05) is 0 Å². The molecule has 0 saturated carbocycles. The van der Waals surface area contributed by atoms with Crippen LogP contribution in [0.25, 0.3) is 6.08 Å². The Kier molecular flexibility index (Phi) is 3.85. The number of rotatable bonds is 4. The zero-order valence-corrected chi connectivity index (χ0v) is 8.36. The van der Waals surface area contributed by atoms with E-state index in [0.29, 0.717) is 12.3 Å². The summed E-state index contributed by atoms with van der Waals surface area (Å²) in [5.41, 5.74) is 1.44. The van der Waals surface area contributed by atoms with Gasteiger partial charge in [0.05, 0.1) is 12.4 Å². The normalized spacial score (nSPS) is 11.1. The van der Waals surface area contributed by atoms with Gasteiger partial charge in [0.1, 0.15) is 5.69 Å². The number of nitrogens with zero attached hydrogens (tertiary/aromatic N) is 1. The van der Waals surface area contributed by atoms with Crippen molar-refractivity contribution in [2.24, 2.45) is 5.18 Å². The first-order chi connectivity index (χ1) is 6.76. The lowest BCUT2D eigenvalue weighted by Crippen LogP contribution is -1.85. The molecule has 1 aromatic rings. The Hall–Kier alpha value is -1.64. The summed E-state index contributed by atoms with van der Waals surface area (Å²) < 4.78 is 5.28. The van der Waals surface area contributed by atoms with Gasteiger partial charge < -0.3 is 4.74 Å². The largest absolute Gasteiger partial charge is 0.499 e. The lowest BCUT2D eigenvalue weighted by Gasteiger charge is -2.02. The molecule has 0 aliphatic heterocycles. The van der Waals surface area contributed by atoms with Crippen molar-refractivity contribution in [3.05, 3.63) is 40.5 Å². The maximum Gasteiger partial charge on any atom is 0.108 e. The minimum Gasteiger partial charge on any atom is -0.499 e. The van der Waals surface area contributed by atoms with Gasteiger partial charge in [-0.15, -0.1) is 4.91 Å². The maximum atomic E-state index is 10.2. The first-order valence-corrected chi connectivity index (χ1v) is 4.50. The van der Waals surface area contributed by atoms with Gasteiger partial charge in [0.25, 0.3) is 0 Å². The lowest BCUT2D eigenvalue weighted by atomic mass is 10.2. The van der Waals surface area contributed by atoms with E-state index in [1.54, 1.807) is 12.1 Å². The molecule has 0 bridgehead atoms. The van der Waals surface area contributed by atoms with Crippen molar-refractivity contribution in [3.63, 3.8) is 0 Å². The van der Waals surface area contributed by atoms with Crippen LogP contribution in [0.4, 0.5) is 5.69 Å². The average molecular weight is 191 g/mol. The second-order valence-corrected chi connectivity index (χ2v) is 2.87. The van der Waals surface area contributed by atoms with Gasteiger partial charge in [-0.05, 0) is 42.8 Å². The van der Waals surface area contributed by atoms with Crippen LogP contribution >= 0.6 is 0 Å². The molecule has 0 N–H and O–H groups in total. The van der Waals surface area contributed by atoms with Gasteiger partial charge in [0.2, 0.25) is 0 Å². The molecule has 0 radical (unpaired) electrons. The maximum absolute atomic E-state index is 10.2. The molecule has 0 aliphatic rings. The van der Waals surface area contributed by atoms with Crippen LogP contribution in [0.2, 0.25) is 0 Å². The van der Waals surface area contributed by atoms with E-state index in [1.165, 1.54) is 0 Å². The highest BCUT2D eigenvalue weighted by atomic mass is 16.5. The van der Waals surface area contributed by atoms with E-state index >= 15 is 0 Å². The molecule has 0 saturated heterocycles. The van der Waals surface area contributed by atoms with Crippen molar-refractivity contribution in [2.75, 3.05) is 6.61 Å². The molecule has 1 aromatic carbocycles. The van der Waals surface area contributed by atoms with Crippen LogP contribution in [0.3, 0.4) is 0 Å². The zero-order chi connectivity index (χ0) is 10.4. The fourth-order valence-electron chi connectivity index (χ4n) is 1.14. The molecule has 74 valence electrons. The highest BCUT2D eigenvalue weighted by molar-refractivity contribution is 5.54.